The second-order valence-corrected chi connectivity index (χ2v) is 6.43. The van der Waals surface area contributed by atoms with Gasteiger partial charge in [-0.25, -0.2) is 0 Å². The zero-order chi connectivity index (χ0) is 15.2. The van der Waals surface area contributed by atoms with E-state index in [1.54, 1.807) is 0 Å². The van der Waals surface area contributed by atoms with Crippen molar-refractivity contribution in [3.8, 4) is 0 Å². The van der Waals surface area contributed by atoms with E-state index in [-0.39, 0.29) is 0 Å². The Morgan fingerprint density at radius 1 is 1.29 bits per heavy atom. The number of aryl methyl sites for hydroxylation is 1. The van der Waals surface area contributed by atoms with E-state index in [1.807, 2.05) is 0 Å². The van der Waals surface area contributed by atoms with Crippen LogP contribution in [0.4, 0.5) is 0 Å². The number of hydrogen-bond donors (Lipinski definition) is 1. The minimum Gasteiger partial charge on any atom is -0.309 e. The number of rotatable bonds is 5. The van der Waals surface area contributed by atoms with Gasteiger partial charge in [-0.3, -0.25) is 4.90 Å². The minimum atomic E-state index is 0.432. The molecule has 1 fully saturated rings. The maximum Gasteiger partial charge on any atom is 0.0451 e. The fourth-order valence-corrected chi connectivity index (χ4v) is 3.42. The fraction of sp³-hybridized carbons (Fsp3) is 0.667. The Bertz CT molecular complexity index is 432. The molecule has 0 aromatic heterocycles. The van der Waals surface area contributed by atoms with E-state index in [2.05, 4.69) is 67.2 Å². The lowest BCUT2D eigenvalue weighted by molar-refractivity contribution is 0.183. The quantitative estimate of drug-likeness (QED) is 0.899. The molecule has 0 amide bonds. The van der Waals surface area contributed by atoms with Crippen molar-refractivity contribution in [2.24, 2.45) is 0 Å². The van der Waals surface area contributed by atoms with Crippen LogP contribution in [-0.4, -0.2) is 55.6 Å². The van der Waals surface area contributed by atoms with Crippen LogP contribution in [-0.2, 0) is 0 Å². The average molecular weight is 289 g/mol. The Morgan fingerprint density at radius 2 is 2.05 bits per heavy atom. The topological polar surface area (TPSA) is 18.5 Å². The van der Waals surface area contributed by atoms with Gasteiger partial charge in [0.25, 0.3) is 0 Å². The largest absolute Gasteiger partial charge is 0.309 e. The van der Waals surface area contributed by atoms with Crippen molar-refractivity contribution in [2.45, 2.75) is 39.3 Å². The molecular formula is C18H31N3. The summed E-state index contributed by atoms with van der Waals surface area (Å²) in [7, 11) is 2.24. The summed E-state index contributed by atoms with van der Waals surface area (Å²) in [6.07, 6.45) is 1.27. The van der Waals surface area contributed by atoms with Gasteiger partial charge in [-0.1, -0.05) is 31.2 Å². The molecule has 1 N–H and O–H groups in total. The Hall–Kier alpha value is -0.900. The van der Waals surface area contributed by atoms with Crippen LogP contribution in [0.1, 0.15) is 37.4 Å². The summed E-state index contributed by atoms with van der Waals surface area (Å²) in [4.78, 5) is 5.12. The molecule has 3 heteroatoms. The van der Waals surface area contributed by atoms with Crippen molar-refractivity contribution in [3.63, 3.8) is 0 Å². The summed E-state index contributed by atoms with van der Waals surface area (Å²) in [5.41, 5.74) is 2.84. The standard InChI is InChI=1S/C18H31N3/c1-5-19-18(17-10-7-6-9-15(17)2)14-21-12-8-11-20(4)13-16(21)3/h6-7,9-10,16,18-19H,5,8,11-14H2,1-4H3. The third-order valence-electron chi connectivity index (χ3n) is 4.62. The number of benzene rings is 1. The normalized spacial score (nSPS) is 23.0. The second-order valence-electron chi connectivity index (χ2n) is 6.43. The van der Waals surface area contributed by atoms with Crippen molar-refractivity contribution >= 4 is 0 Å². The lowest BCUT2D eigenvalue weighted by atomic mass is 10.00. The van der Waals surface area contributed by atoms with Crippen LogP contribution in [0.5, 0.6) is 0 Å². The van der Waals surface area contributed by atoms with Crippen molar-refractivity contribution < 1.29 is 0 Å². The van der Waals surface area contributed by atoms with Gasteiger partial charge in [0, 0.05) is 25.2 Å². The Labute approximate surface area is 130 Å². The molecule has 1 aliphatic rings. The summed E-state index contributed by atoms with van der Waals surface area (Å²) in [6, 6.07) is 9.85. The summed E-state index contributed by atoms with van der Waals surface area (Å²) >= 11 is 0. The summed E-state index contributed by atoms with van der Waals surface area (Å²) in [5, 5.41) is 3.68. The third kappa shape index (κ3) is 4.53. The number of hydrogen-bond acceptors (Lipinski definition) is 3. The van der Waals surface area contributed by atoms with E-state index in [4.69, 9.17) is 0 Å². The molecule has 21 heavy (non-hydrogen) atoms. The minimum absolute atomic E-state index is 0.432. The monoisotopic (exact) mass is 289 g/mol. The van der Waals surface area contributed by atoms with Gasteiger partial charge in [-0.2, -0.15) is 0 Å². The Kier molecular flexibility index (Phi) is 6.22. The zero-order valence-corrected chi connectivity index (χ0v) is 14.1. The summed E-state index contributed by atoms with van der Waals surface area (Å²) in [6.45, 7) is 12.5. The molecule has 1 saturated heterocycles. The van der Waals surface area contributed by atoms with Gasteiger partial charge in [0.15, 0.2) is 0 Å². The first kappa shape index (κ1) is 16.5. The first-order valence-corrected chi connectivity index (χ1v) is 8.33. The summed E-state index contributed by atoms with van der Waals surface area (Å²) in [5.74, 6) is 0. The maximum absolute atomic E-state index is 3.68. The van der Waals surface area contributed by atoms with E-state index < -0.39 is 0 Å². The third-order valence-corrected chi connectivity index (χ3v) is 4.62. The van der Waals surface area contributed by atoms with Gasteiger partial charge < -0.3 is 10.2 Å². The van der Waals surface area contributed by atoms with Crippen molar-refractivity contribution in [1.29, 1.82) is 0 Å². The molecular weight excluding hydrogens is 258 g/mol. The lowest BCUT2D eigenvalue weighted by Crippen LogP contribution is -2.43. The van der Waals surface area contributed by atoms with E-state index in [9.17, 15) is 0 Å². The Balaban J connectivity index is 2.10. The highest BCUT2D eigenvalue weighted by atomic mass is 15.2. The van der Waals surface area contributed by atoms with Crippen LogP contribution in [0.2, 0.25) is 0 Å². The molecule has 0 bridgehead atoms. The van der Waals surface area contributed by atoms with E-state index in [0.29, 0.717) is 12.1 Å². The zero-order valence-electron chi connectivity index (χ0n) is 14.1. The summed E-state index contributed by atoms with van der Waals surface area (Å²) < 4.78 is 0. The van der Waals surface area contributed by atoms with Crippen molar-refractivity contribution in [3.05, 3.63) is 35.4 Å². The molecule has 0 radical (unpaired) electrons. The molecule has 2 atom stereocenters. The van der Waals surface area contributed by atoms with Gasteiger partial charge in [-0.15, -0.1) is 0 Å². The molecule has 1 aromatic rings. The van der Waals surface area contributed by atoms with E-state index in [1.165, 1.54) is 37.2 Å². The van der Waals surface area contributed by atoms with Crippen LogP contribution >= 0.6 is 0 Å². The van der Waals surface area contributed by atoms with Gasteiger partial charge in [-0.05, 0) is 58.1 Å². The van der Waals surface area contributed by atoms with Gasteiger partial charge in [0.1, 0.15) is 0 Å². The molecule has 0 spiro atoms. The van der Waals surface area contributed by atoms with Crippen LogP contribution < -0.4 is 5.32 Å². The van der Waals surface area contributed by atoms with Gasteiger partial charge in [0.05, 0.1) is 0 Å². The molecule has 2 rings (SSSR count). The molecule has 1 aliphatic heterocycles. The average Bonchev–Trinajstić information content (AvgIpc) is 2.60. The first-order chi connectivity index (χ1) is 10.1. The molecule has 3 nitrogen and oxygen atoms in total. The molecule has 118 valence electrons. The van der Waals surface area contributed by atoms with Crippen LogP contribution in [0.15, 0.2) is 24.3 Å². The highest BCUT2D eigenvalue weighted by Crippen LogP contribution is 2.20. The van der Waals surface area contributed by atoms with Crippen molar-refractivity contribution in [1.82, 2.24) is 15.1 Å². The maximum atomic E-state index is 3.68. The SMILES string of the molecule is CCNC(CN1CCCN(C)CC1C)c1ccccc1C. The van der Waals surface area contributed by atoms with E-state index in [0.717, 1.165) is 13.1 Å². The molecule has 0 aliphatic carbocycles. The van der Waals surface area contributed by atoms with Gasteiger partial charge in [0.2, 0.25) is 0 Å². The van der Waals surface area contributed by atoms with Gasteiger partial charge >= 0.3 is 0 Å². The predicted octanol–water partition coefficient (Wildman–Crippen LogP) is 2.67. The number of nitrogens with one attached hydrogen (secondary N) is 1. The van der Waals surface area contributed by atoms with Crippen LogP contribution in [0, 0.1) is 6.92 Å². The smallest absolute Gasteiger partial charge is 0.0451 e. The highest BCUT2D eigenvalue weighted by molar-refractivity contribution is 5.29. The molecule has 1 aromatic carbocycles. The highest BCUT2D eigenvalue weighted by Gasteiger charge is 2.23. The Morgan fingerprint density at radius 3 is 2.76 bits per heavy atom. The second kappa shape index (κ2) is 7.92. The van der Waals surface area contributed by atoms with Crippen molar-refractivity contribution in [2.75, 3.05) is 39.8 Å². The first-order valence-electron chi connectivity index (χ1n) is 8.33. The fourth-order valence-electron chi connectivity index (χ4n) is 3.42. The number of nitrogens with zero attached hydrogens (tertiary/aromatic N) is 2. The molecule has 1 heterocycles. The van der Waals surface area contributed by atoms with Crippen LogP contribution in [0.25, 0.3) is 0 Å². The van der Waals surface area contributed by atoms with Crippen LogP contribution in [0.3, 0.4) is 0 Å². The lowest BCUT2D eigenvalue weighted by Gasteiger charge is -2.32. The number of likely N-dealkylation sites (N-methyl/N-ethyl adjacent to an activating group) is 2. The molecule has 2 unspecified atom stereocenters. The van der Waals surface area contributed by atoms with E-state index >= 15 is 0 Å². The molecule has 0 saturated carbocycles. The predicted molar refractivity (Wildman–Crippen MR) is 90.7 cm³/mol.